The lowest BCUT2D eigenvalue weighted by atomic mass is 10.2. The molecule has 1 saturated carbocycles. The smallest absolute Gasteiger partial charge is 0.258 e. The van der Waals surface area contributed by atoms with Crippen LogP contribution in [0.25, 0.3) is 0 Å². The largest absolute Gasteiger partial charge is 0.351 e. The number of benzene rings is 1. The van der Waals surface area contributed by atoms with E-state index in [1.807, 2.05) is 0 Å². The van der Waals surface area contributed by atoms with Crippen LogP contribution in [0.15, 0.2) is 30.6 Å². The number of carbonyl (C=O) groups is 1. The number of amides is 1. The van der Waals surface area contributed by atoms with Gasteiger partial charge in [0.15, 0.2) is 0 Å². The third-order valence-corrected chi connectivity index (χ3v) is 4.62. The molecule has 2 aromatic rings. The van der Waals surface area contributed by atoms with Gasteiger partial charge in [0.05, 0.1) is 21.3 Å². The van der Waals surface area contributed by atoms with E-state index in [-0.39, 0.29) is 5.91 Å². The molecule has 5 nitrogen and oxygen atoms in total. The van der Waals surface area contributed by atoms with Gasteiger partial charge in [-0.2, -0.15) is 0 Å². The first-order valence-electron chi connectivity index (χ1n) is 7.47. The Morgan fingerprint density at radius 1 is 1.13 bits per heavy atom. The highest BCUT2D eigenvalue weighted by Gasteiger charge is 2.16. The van der Waals surface area contributed by atoms with E-state index >= 15 is 0 Å². The number of aromatic nitrogens is 2. The zero-order valence-corrected chi connectivity index (χ0v) is 13.9. The van der Waals surface area contributed by atoms with Crippen molar-refractivity contribution in [1.29, 1.82) is 0 Å². The van der Waals surface area contributed by atoms with Crippen LogP contribution in [0.5, 0.6) is 0 Å². The lowest BCUT2D eigenvalue weighted by Crippen LogP contribution is -2.18. The van der Waals surface area contributed by atoms with Crippen LogP contribution >= 0.6 is 23.2 Å². The summed E-state index contributed by atoms with van der Waals surface area (Å²) in [4.78, 5) is 20.6. The van der Waals surface area contributed by atoms with Crippen LogP contribution in [0.3, 0.4) is 0 Å². The van der Waals surface area contributed by atoms with Gasteiger partial charge in [-0.15, -0.1) is 0 Å². The molecule has 3 rings (SSSR count). The number of nitrogens with one attached hydrogen (secondary N) is 2. The average molecular weight is 351 g/mol. The maximum Gasteiger partial charge on any atom is 0.258 e. The van der Waals surface area contributed by atoms with E-state index < -0.39 is 0 Å². The van der Waals surface area contributed by atoms with Crippen LogP contribution in [0.2, 0.25) is 10.0 Å². The Morgan fingerprint density at radius 3 is 2.52 bits per heavy atom. The number of anilines is 2. The second kappa shape index (κ2) is 7.15. The van der Waals surface area contributed by atoms with E-state index in [0.717, 1.165) is 12.8 Å². The van der Waals surface area contributed by atoms with Crippen LogP contribution in [0.4, 0.5) is 11.6 Å². The van der Waals surface area contributed by atoms with Crippen molar-refractivity contribution in [3.05, 3.63) is 46.2 Å². The van der Waals surface area contributed by atoms with Gasteiger partial charge in [0, 0.05) is 18.4 Å². The van der Waals surface area contributed by atoms with Crippen LogP contribution in [-0.4, -0.2) is 21.9 Å². The molecule has 1 aliphatic rings. The third-order valence-electron chi connectivity index (χ3n) is 3.80. The summed E-state index contributed by atoms with van der Waals surface area (Å²) in [6.45, 7) is 0. The first kappa shape index (κ1) is 16.0. The highest BCUT2D eigenvalue weighted by molar-refractivity contribution is 6.44. The van der Waals surface area contributed by atoms with Gasteiger partial charge >= 0.3 is 0 Å². The molecule has 0 bridgehead atoms. The van der Waals surface area contributed by atoms with Crippen LogP contribution in [0.1, 0.15) is 36.0 Å². The Labute approximate surface area is 144 Å². The van der Waals surface area contributed by atoms with Crippen molar-refractivity contribution in [2.75, 3.05) is 10.6 Å². The fourth-order valence-corrected chi connectivity index (χ4v) is 2.92. The Morgan fingerprint density at radius 2 is 1.83 bits per heavy atom. The lowest BCUT2D eigenvalue weighted by Gasteiger charge is -2.12. The monoisotopic (exact) mass is 350 g/mol. The first-order valence-corrected chi connectivity index (χ1v) is 8.23. The predicted octanol–water partition coefficient (Wildman–Crippen LogP) is 4.39. The molecule has 7 heteroatoms. The molecule has 2 N–H and O–H groups in total. The number of halogens is 2. The summed E-state index contributed by atoms with van der Waals surface area (Å²) in [7, 11) is 0. The molecule has 120 valence electrons. The quantitative estimate of drug-likeness (QED) is 0.857. The van der Waals surface area contributed by atoms with Gasteiger partial charge < -0.3 is 10.6 Å². The number of carbonyl (C=O) groups excluding carboxylic acids is 1. The van der Waals surface area contributed by atoms with Crippen molar-refractivity contribution in [3.63, 3.8) is 0 Å². The fraction of sp³-hybridized carbons (Fsp3) is 0.312. The minimum Gasteiger partial charge on any atom is -0.351 e. The Bertz CT molecular complexity index is 700. The molecule has 0 atom stereocenters. The molecule has 0 aliphatic heterocycles. The summed E-state index contributed by atoms with van der Waals surface area (Å²) < 4.78 is 0. The van der Waals surface area contributed by atoms with E-state index in [1.165, 1.54) is 25.2 Å². The number of nitrogens with zero attached hydrogens (tertiary/aromatic N) is 2. The van der Waals surface area contributed by atoms with Gasteiger partial charge in [-0.25, -0.2) is 9.97 Å². The fourth-order valence-electron chi connectivity index (χ4n) is 2.57. The second-order valence-electron chi connectivity index (χ2n) is 5.48. The molecule has 1 aromatic carbocycles. The minimum atomic E-state index is -0.332. The lowest BCUT2D eigenvalue weighted by molar-refractivity contribution is 0.102. The average Bonchev–Trinajstić information content (AvgIpc) is 3.05. The minimum absolute atomic E-state index is 0.308. The van der Waals surface area contributed by atoms with Crippen molar-refractivity contribution in [1.82, 2.24) is 9.97 Å². The molecular formula is C16H16Cl2N4O. The summed E-state index contributed by atoms with van der Waals surface area (Å²) in [5.74, 6) is 0.218. The Hall–Kier alpha value is -1.85. The maximum absolute atomic E-state index is 12.2. The first-order chi connectivity index (χ1) is 11.1. The van der Waals surface area contributed by atoms with Gasteiger partial charge in [-0.05, 0) is 25.0 Å². The van der Waals surface area contributed by atoms with E-state index in [0.29, 0.717) is 33.3 Å². The topological polar surface area (TPSA) is 66.9 Å². The Balaban J connectivity index is 1.66. The van der Waals surface area contributed by atoms with Crippen molar-refractivity contribution >= 4 is 40.7 Å². The van der Waals surface area contributed by atoms with Crippen LogP contribution in [0, 0.1) is 0 Å². The van der Waals surface area contributed by atoms with Crippen molar-refractivity contribution in [3.8, 4) is 0 Å². The standard InChI is InChI=1S/C16H16Cl2N4O/c17-12-6-3-7-13(14(12)18)22-15(23)10-8-19-16(20-9-10)21-11-4-1-2-5-11/h3,6-9,11H,1-2,4-5H2,(H,22,23)(H,19,20,21). The highest BCUT2D eigenvalue weighted by Crippen LogP contribution is 2.29. The highest BCUT2D eigenvalue weighted by atomic mass is 35.5. The summed E-state index contributed by atoms with van der Waals surface area (Å²) in [5, 5.41) is 6.68. The van der Waals surface area contributed by atoms with Crippen molar-refractivity contribution in [2.24, 2.45) is 0 Å². The summed E-state index contributed by atoms with van der Waals surface area (Å²) in [5.41, 5.74) is 0.815. The summed E-state index contributed by atoms with van der Waals surface area (Å²) >= 11 is 12.0. The van der Waals surface area contributed by atoms with Crippen LogP contribution in [-0.2, 0) is 0 Å². The number of hydrogen-bond donors (Lipinski definition) is 2. The van der Waals surface area contributed by atoms with Crippen molar-refractivity contribution < 1.29 is 4.79 Å². The summed E-state index contributed by atoms with van der Waals surface area (Å²) in [6, 6.07) is 5.49. The molecule has 0 saturated heterocycles. The molecule has 23 heavy (non-hydrogen) atoms. The van der Waals surface area contributed by atoms with Gasteiger partial charge in [-0.1, -0.05) is 42.1 Å². The molecule has 0 unspecified atom stereocenters. The molecule has 0 spiro atoms. The maximum atomic E-state index is 12.2. The van der Waals surface area contributed by atoms with Crippen molar-refractivity contribution in [2.45, 2.75) is 31.7 Å². The Kier molecular flexibility index (Phi) is 4.98. The zero-order valence-electron chi connectivity index (χ0n) is 12.4. The van der Waals surface area contributed by atoms with E-state index in [1.54, 1.807) is 18.2 Å². The third kappa shape index (κ3) is 3.92. The molecule has 1 heterocycles. The SMILES string of the molecule is O=C(Nc1cccc(Cl)c1Cl)c1cnc(NC2CCCC2)nc1. The van der Waals surface area contributed by atoms with Gasteiger partial charge in [0.25, 0.3) is 5.91 Å². The predicted molar refractivity (Wildman–Crippen MR) is 92.3 cm³/mol. The zero-order chi connectivity index (χ0) is 16.2. The van der Waals surface area contributed by atoms with E-state index in [4.69, 9.17) is 23.2 Å². The van der Waals surface area contributed by atoms with E-state index in [2.05, 4.69) is 20.6 Å². The molecule has 1 fully saturated rings. The molecule has 1 amide bonds. The molecule has 0 radical (unpaired) electrons. The number of hydrogen-bond acceptors (Lipinski definition) is 4. The van der Waals surface area contributed by atoms with Gasteiger partial charge in [0.2, 0.25) is 5.95 Å². The molecule has 1 aromatic heterocycles. The van der Waals surface area contributed by atoms with Crippen LogP contribution < -0.4 is 10.6 Å². The normalized spacial score (nSPS) is 14.7. The van der Waals surface area contributed by atoms with E-state index in [9.17, 15) is 4.79 Å². The van der Waals surface area contributed by atoms with Gasteiger partial charge in [0.1, 0.15) is 0 Å². The molecule has 1 aliphatic carbocycles. The number of rotatable bonds is 4. The second-order valence-corrected chi connectivity index (χ2v) is 6.26. The summed E-state index contributed by atoms with van der Waals surface area (Å²) in [6.07, 6.45) is 7.74. The molecular weight excluding hydrogens is 335 g/mol. The van der Waals surface area contributed by atoms with Gasteiger partial charge in [-0.3, -0.25) is 4.79 Å².